The van der Waals surface area contributed by atoms with Gasteiger partial charge in [-0.05, 0) is 56.9 Å². The Labute approximate surface area is 118 Å². The summed E-state index contributed by atoms with van der Waals surface area (Å²) in [5.74, 6) is 0.463. The standard InChI is InChI=1S/C15H19BrN2/c1-11-10-13(16)4-5-14(11)18-9-7-12(6-8-17)15(18,2)3/h4-5,10,12H,6-7,9H2,1-3H3. The van der Waals surface area contributed by atoms with E-state index in [0.717, 1.165) is 17.4 Å². The van der Waals surface area contributed by atoms with E-state index in [2.05, 4.69) is 65.9 Å². The van der Waals surface area contributed by atoms with Gasteiger partial charge in [0.05, 0.1) is 6.07 Å². The summed E-state index contributed by atoms with van der Waals surface area (Å²) in [6, 6.07) is 8.75. The fourth-order valence-corrected chi connectivity index (χ4v) is 3.44. The minimum absolute atomic E-state index is 0.0638. The summed E-state index contributed by atoms with van der Waals surface area (Å²) >= 11 is 3.51. The van der Waals surface area contributed by atoms with Gasteiger partial charge in [0.1, 0.15) is 0 Å². The molecule has 0 aliphatic carbocycles. The predicted molar refractivity (Wildman–Crippen MR) is 78.6 cm³/mol. The van der Waals surface area contributed by atoms with Crippen LogP contribution in [0.3, 0.4) is 0 Å². The van der Waals surface area contributed by atoms with E-state index in [1.165, 1.54) is 11.3 Å². The molecule has 3 heteroatoms. The summed E-state index contributed by atoms with van der Waals surface area (Å²) < 4.78 is 1.12. The lowest BCUT2D eigenvalue weighted by molar-refractivity contribution is 0.371. The second-order valence-corrected chi connectivity index (χ2v) is 6.50. The first-order chi connectivity index (χ1) is 8.46. The molecule has 1 heterocycles. The molecule has 1 aliphatic heterocycles. The zero-order chi connectivity index (χ0) is 13.3. The highest BCUT2D eigenvalue weighted by molar-refractivity contribution is 9.10. The lowest BCUT2D eigenvalue weighted by Crippen LogP contribution is -2.42. The number of hydrogen-bond donors (Lipinski definition) is 0. The Morgan fingerprint density at radius 2 is 2.22 bits per heavy atom. The molecule has 2 nitrogen and oxygen atoms in total. The molecule has 0 spiro atoms. The molecule has 1 aromatic carbocycles. The largest absolute Gasteiger partial charge is 0.366 e. The van der Waals surface area contributed by atoms with Crippen molar-refractivity contribution in [1.82, 2.24) is 0 Å². The third-order valence-electron chi connectivity index (χ3n) is 4.18. The minimum Gasteiger partial charge on any atom is -0.366 e. The smallest absolute Gasteiger partial charge is 0.0625 e. The molecule has 0 saturated carbocycles. The van der Waals surface area contributed by atoms with Crippen molar-refractivity contribution in [3.8, 4) is 6.07 Å². The fourth-order valence-electron chi connectivity index (χ4n) is 2.96. The van der Waals surface area contributed by atoms with E-state index in [9.17, 15) is 0 Å². The summed E-state index contributed by atoms with van der Waals surface area (Å²) in [4.78, 5) is 2.46. The van der Waals surface area contributed by atoms with Crippen LogP contribution < -0.4 is 4.90 Å². The molecule has 0 bridgehead atoms. The molecule has 0 amide bonds. The second kappa shape index (κ2) is 4.93. The van der Waals surface area contributed by atoms with E-state index in [-0.39, 0.29) is 5.54 Å². The van der Waals surface area contributed by atoms with Crippen molar-refractivity contribution in [2.24, 2.45) is 5.92 Å². The monoisotopic (exact) mass is 306 g/mol. The average molecular weight is 307 g/mol. The number of benzene rings is 1. The molecule has 0 radical (unpaired) electrons. The first-order valence-electron chi connectivity index (χ1n) is 6.37. The lowest BCUT2D eigenvalue weighted by atomic mass is 9.86. The number of nitrogens with zero attached hydrogens (tertiary/aromatic N) is 2. The Hall–Kier alpha value is -1.01. The van der Waals surface area contributed by atoms with Gasteiger partial charge < -0.3 is 4.90 Å². The Kier molecular flexibility index (Phi) is 3.68. The molecule has 1 aliphatic rings. The van der Waals surface area contributed by atoms with E-state index in [1.54, 1.807) is 0 Å². The topological polar surface area (TPSA) is 27.0 Å². The average Bonchev–Trinajstić information content (AvgIpc) is 2.56. The molecule has 1 atom stereocenters. The third-order valence-corrected chi connectivity index (χ3v) is 4.68. The van der Waals surface area contributed by atoms with Crippen LogP contribution in [-0.4, -0.2) is 12.1 Å². The third kappa shape index (κ3) is 2.27. The molecule has 0 N–H and O–H groups in total. The molecule has 1 unspecified atom stereocenters. The molecule has 1 fully saturated rings. The molecular formula is C15H19BrN2. The maximum absolute atomic E-state index is 8.93. The van der Waals surface area contributed by atoms with Gasteiger partial charge in [0.15, 0.2) is 0 Å². The Morgan fingerprint density at radius 1 is 1.50 bits per heavy atom. The molecule has 18 heavy (non-hydrogen) atoms. The molecule has 1 saturated heterocycles. The van der Waals surface area contributed by atoms with E-state index in [4.69, 9.17) is 5.26 Å². The predicted octanol–water partition coefficient (Wildman–Crippen LogP) is 4.28. The van der Waals surface area contributed by atoms with Crippen molar-refractivity contribution in [3.05, 3.63) is 28.2 Å². The first-order valence-corrected chi connectivity index (χ1v) is 7.17. The Bertz CT molecular complexity index is 488. The van der Waals surface area contributed by atoms with Gasteiger partial charge in [-0.1, -0.05) is 15.9 Å². The van der Waals surface area contributed by atoms with Crippen molar-refractivity contribution in [3.63, 3.8) is 0 Å². The van der Waals surface area contributed by atoms with Gasteiger partial charge in [-0.3, -0.25) is 0 Å². The van der Waals surface area contributed by atoms with Gasteiger partial charge in [0.2, 0.25) is 0 Å². The van der Waals surface area contributed by atoms with Gasteiger partial charge in [-0.2, -0.15) is 5.26 Å². The maximum atomic E-state index is 8.93. The van der Waals surface area contributed by atoms with Crippen LogP contribution in [0.5, 0.6) is 0 Å². The van der Waals surface area contributed by atoms with Crippen LogP contribution in [0, 0.1) is 24.2 Å². The highest BCUT2D eigenvalue weighted by atomic mass is 79.9. The molecule has 2 rings (SSSR count). The number of nitriles is 1. The maximum Gasteiger partial charge on any atom is 0.0625 e. The first kappa shape index (κ1) is 13.4. The van der Waals surface area contributed by atoms with Crippen molar-refractivity contribution < 1.29 is 0 Å². The minimum atomic E-state index is 0.0638. The van der Waals surface area contributed by atoms with Gasteiger partial charge in [0.25, 0.3) is 0 Å². The number of halogens is 1. The molecular weight excluding hydrogens is 288 g/mol. The van der Waals surface area contributed by atoms with E-state index in [0.29, 0.717) is 12.3 Å². The van der Waals surface area contributed by atoms with Crippen LogP contribution in [0.1, 0.15) is 32.3 Å². The van der Waals surface area contributed by atoms with Crippen molar-refractivity contribution >= 4 is 21.6 Å². The number of hydrogen-bond acceptors (Lipinski definition) is 2. The van der Waals surface area contributed by atoms with E-state index in [1.807, 2.05) is 0 Å². The van der Waals surface area contributed by atoms with Crippen LogP contribution in [0.4, 0.5) is 5.69 Å². The molecule has 1 aromatic rings. The van der Waals surface area contributed by atoms with Gasteiger partial charge in [0, 0.05) is 28.7 Å². The quantitative estimate of drug-likeness (QED) is 0.815. The lowest BCUT2D eigenvalue weighted by Gasteiger charge is -2.38. The number of anilines is 1. The van der Waals surface area contributed by atoms with Gasteiger partial charge >= 0.3 is 0 Å². The van der Waals surface area contributed by atoms with Crippen LogP contribution in [-0.2, 0) is 0 Å². The second-order valence-electron chi connectivity index (χ2n) is 5.58. The highest BCUT2D eigenvalue weighted by Crippen LogP contribution is 2.41. The number of aryl methyl sites for hydroxylation is 1. The zero-order valence-corrected chi connectivity index (χ0v) is 12.8. The summed E-state index contributed by atoms with van der Waals surface area (Å²) in [6.45, 7) is 7.70. The van der Waals surface area contributed by atoms with Crippen LogP contribution >= 0.6 is 15.9 Å². The summed E-state index contributed by atoms with van der Waals surface area (Å²) in [7, 11) is 0. The normalized spacial score (nSPS) is 21.9. The summed E-state index contributed by atoms with van der Waals surface area (Å²) in [5.41, 5.74) is 2.65. The highest BCUT2D eigenvalue weighted by Gasteiger charge is 2.41. The van der Waals surface area contributed by atoms with Crippen LogP contribution in [0.25, 0.3) is 0 Å². The zero-order valence-electron chi connectivity index (χ0n) is 11.2. The van der Waals surface area contributed by atoms with Gasteiger partial charge in [-0.15, -0.1) is 0 Å². The Morgan fingerprint density at radius 3 is 2.83 bits per heavy atom. The summed E-state index contributed by atoms with van der Waals surface area (Å²) in [5, 5.41) is 8.93. The van der Waals surface area contributed by atoms with Crippen molar-refractivity contribution in [2.45, 2.75) is 39.2 Å². The number of rotatable bonds is 2. The van der Waals surface area contributed by atoms with Crippen LogP contribution in [0.15, 0.2) is 22.7 Å². The van der Waals surface area contributed by atoms with Crippen molar-refractivity contribution in [2.75, 3.05) is 11.4 Å². The molecule has 96 valence electrons. The SMILES string of the molecule is Cc1cc(Br)ccc1N1CCC(CC#N)C1(C)C. The Balaban J connectivity index is 2.32. The molecule has 0 aromatic heterocycles. The van der Waals surface area contributed by atoms with E-state index < -0.39 is 0 Å². The summed E-state index contributed by atoms with van der Waals surface area (Å²) in [6.07, 6.45) is 1.76. The fraction of sp³-hybridized carbons (Fsp3) is 0.533. The van der Waals surface area contributed by atoms with E-state index >= 15 is 0 Å². The van der Waals surface area contributed by atoms with Crippen LogP contribution in [0.2, 0.25) is 0 Å². The van der Waals surface area contributed by atoms with Crippen molar-refractivity contribution in [1.29, 1.82) is 5.26 Å². The van der Waals surface area contributed by atoms with Gasteiger partial charge in [-0.25, -0.2) is 0 Å².